The number of sulfonamides is 1. The van der Waals surface area contributed by atoms with Gasteiger partial charge in [-0.3, -0.25) is 9.40 Å². The number of nitrogens with zero attached hydrogens (tertiary/aromatic N) is 2. The molecule has 0 unspecified atom stereocenters. The van der Waals surface area contributed by atoms with Gasteiger partial charge in [-0.2, -0.15) is 5.10 Å². The lowest BCUT2D eigenvalue weighted by atomic mass is 10.1. The Kier molecular flexibility index (Phi) is 3.71. The standard InChI is InChI=1S/C13H18N4O2S/c1-4-17-8-12(13(14)15-17)20(18,19)16-11-6-9(2)5-10(3)7-11/h5-8,16H,4H2,1-3H3,(H2,14,15). The van der Waals surface area contributed by atoms with Crippen LogP contribution in [0.1, 0.15) is 18.1 Å². The molecule has 20 heavy (non-hydrogen) atoms. The van der Waals surface area contributed by atoms with Gasteiger partial charge in [-0.05, 0) is 44.0 Å². The SMILES string of the molecule is CCn1cc(S(=O)(=O)Nc2cc(C)cc(C)c2)c(N)n1. The number of aromatic nitrogens is 2. The first-order chi connectivity index (χ1) is 9.31. The second kappa shape index (κ2) is 5.16. The summed E-state index contributed by atoms with van der Waals surface area (Å²) in [4.78, 5) is -0.00138. The van der Waals surface area contributed by atoms with Gasteiger partial charge in [0.15, 0.2) is 5.82 Å². The van der Waals surface area contributed by atoms with Crippen molar-refractivity contribution in [2.24, 2.45) is 0 Å². The Morgan fingerprint density at radius 3 is 2.35 bits per heavy atom. The lowest BCUT2D eigenvalue weighted by molar-refractivity contribution is 0.600. The molecule has 0 saturated heterocycles. The molecule has 1 aromatic heterocycles. The summed E-state index contributed by atoms with van der Waals surface area (Å²) in [5.41, 5.74) is 8.16. The molecule has 0 fully saturated rings. The number of hydrogen-bond donors (Lipinski definition) is 2. The van der Waals surface area contributed by atoms with E-state index in [4.69, 9.17) is 5.73 Å². The molecule has 1 aromatic carbocycles. The summed E-state index contributed by atoms with van der Waals surface area (Å²) in [7, 11) is -3.73. The summed E-state index contributed by atoms with van der Waals surface area (Å²) in [6, 6.07) is 5.51. The van der Waals surface area contributed by atoms with Crippen LogP contribution in [0, 0.1) is 13.8 Å². The van der Waals surface area contributed by atoms with Crippen LogP contribution < -0.4 is 10.5 Å². The fourth-order valence-corrected chi connectivity index (χ4v) is 3.15. The third-order valence-electron chi connectivity index (χ3n) is 2.84. The highest BCUT2D eigenvalue weighted by Gasteiger charge is 2.21. The van der Waals surface area contributed by atoms with Gasteiger partial charge in [-0.1, -0.05) is 6.07 Å². The van der Waals surface area contributed by atoms with Crippen molar-refractivity contribution >= 4 is 21.5 Å². The van der Waals surface area contributed by atoms with Crippen molar-refractivity contribution in [2.45, 2.75) is 32.2 Å². The molecule has 0 aliphatic heterocycles. The van der Waals surface area contributed by atoms with E-state index < -0.39 is 10.0 Å². The van der Waals surface area contributed by atoms with E-state index in [9.17, 15) is 8.42 Å². The Labute approximate surface area is 118 Å². The van der Waals surface area contributed by atoms with E-state index in [2.05, 4.69) is 9.82 Å². The summed E-state index contributed by atoms with van der Waals surface area (Å²) in [5, 5.41) is 3.95. The summed E-state index contributed by atoms with van der Waals surface area (Å²) >= 11 is 0. The minimum atomic E-state index is -3.73. The molecule has 6 nitrogen and oxygen atoms in total. The first-order valence-electron chi connectivity index (χ1n) is 6.26. The van der Waals surface area contributed by atoms with E-state index in [-0.39, 0.29) is 10.7 Å². The molecule has 2 rings (SSSR count). The van der Waals surface area contributed by atoms with Gasteiger partial charge in [0.25, 0.3) is 10.0 Å². The first kappa shape index (κ1) is 14.4. The van der Waals surface area contributed by atoms with Crippen molar-refractivity contribution in [1.82, 2.24) is 9.78 Å². The van der Waals surface area contributed by atoms with Crippen molar-refractivity contribution < 1.29 is 8.42 Å². The minimum Gasteiger partial charge on any atom is -0.381 e. The van der Waals surface area contributed by atoms with Gasteiger partial charge in [0.2, 0.25) is 0 Å². The summed E-state index contributed by atoms with van der Waals surface area (Å²) in [6.07, 6.45) is 1.43. The van der Waals surface area contributed by atoms with Crippen molar-refractivity contribution in [1.29, 1.82) is 0 Å². The van der Waals surface area contributed by atoms with Crippen LogP contribution in [0.25, 0.3) is 0 Å². The smallest absolute Gasteiger partial charge is 0.267 e. The van der Waals surface area contributed by atoms with Gasteiger partial charge in [0.1, 0.15) is 4.90 Å². The van der Waals surface area contributed by atoms with Crippen LogP contribution >= 0.6 is 0 Å². The molecule has 0 amide bonds. The topological polar surface area (TPSA) is 90.0 Å². The number of anilines is 2. The zero-order valence-electron chi connectivity index (χ0n) is 11.7. The monoisotopic (exact) mass is 294 g/mol. The van der Waals surface area contributed by atoms with Gasteiger partial charge in [0, 0.05) is 18.4 Å². The maximum Gasteiger partial charge on any atom is 0.267 e. The van der Waals surface area contributed by atoms with Gasteiger partial charge < -0.3 is 5.73 Å². The second-order valence-corrected chi connectivity index (χ2v) is 6.37. The van der Waals surface area contributed by atoms with Gasteiger partial charge in [-0.15, -0.1) is 0 Å². The molecule has 7 heteroatoms. The van der Waals surface area contributed by atoms with E-state index >= 15 is 0 Å². The quantitative estimate of drug-likeness (QED) is 0.901. The molecule has 0 spiro atoms. The molecule has 0 bridgehead atoms. The van der Waals surface area contributed by atoms with E-state index in [1.165, 1.54) is 10.9 Å². The van der Waals surface area contributed by atoms with Crippen LogP contribution in [0.3, 0.4) is 0 Å². The Morgan fingerprint density at radius 2 is 1.85 bits per heavy atom. The predicted molar refractivity (Wildman–Crippen MR) is 79.0 cm³/mol. The highest BCUT2D eigenvalue weighted by molar-refractivity contribution is 7.92. The zero-order valence-corrected chi connectivity index (χ0v) is 12.5. The molecular weight excluding hydrogens is 276 g/mol. The summed E-state index contributed by atoms with van der Waals surface area (Å²) < 4.78 is 28.7. The van der Waals surface area contributed by atoms with Crippen LogP contribution in [0.2, 0.25) is 0 Å². The van der Waals surface area contributed by atoms with Crippen LogP contribution in [0.5, 0.6) is 0 Å². The van der Waals surface area contributed by atoms with E-state index in [0.29, 0.717) is 12.2 Å². The third-order valence-corrected chi connectivity index (χ3v) is 4.24. The average Bonchev–Trinajstić information content (AvgIpc) is 2.69. The van der Waals surface area contributed by atoms with E-state index in [0.717, 1.165) is 11.1 Å². The van der Waals surface area contributed by atoms with Gasteiger partial charge in [-0.25, -0.2) is 8.42 Å². The number of hydrogen-bond acceptors (Lipinski definition) is 4. The highest BCUT2D eigenvalue weighted by atomic mass is 32.2. The molecule has 0 saturated carbocycles. The van der Waals surface area contributed by atoms with Crippen LogP contribution in [-0.2, 0) is 16.6 Å². The normalized spacial score (nSPS) is 11.6. The van der Waals surface area contributed by atoms with Crippen LogP contribution in [0.4, 0.5) is 11.5 Å². The lowest BCUT2D eigenvalue weighted by Gasteiger charge is -2.08. The average molecular weight is 294 g/mol. The third kappa shape index (κ3) is 2.93. The summed E-state index contributed by atoms with van der Waals surface area (Å²) in [5.74, 6) is 0.00345. The summed E-state index contributed by atoms with van der Waals surface area (Å²) in [6.45, 7) is 6.24. The number of aryl methyl sites for hydroxylation is 3. The largest absolute Gasteiger partial charge is 0.381 e. The number of nitrogens with one attached hydrogen (secondary N) is 1. The molecule has 1 heterocycles. The highest BCUT2D eigenvalue weighted by Crippen LogP contribution is 2.22. The Bertz CT molecular complexity index is 715. The van der Waals surface area contributed by atoms with Crippen LogP contribution in [0.15, 0.2) is 29.3 Å². The van der Waals surface area contributed by atoms with E-state index in [1.54, 1.807) is 12.1 Å². The van der Waals surface area contributed by atoms with Gasteiger partial charge in [0.05, 0.1) is 0 Å². The lowest BCUT2D eigenvalue weighted by Crippen LogP contribution is -2.14. The Balaban J connectivity index is 2.37. The van der Waals surface area contributed by atoms with Gasteiger partial charge >= 0.3 is 0 Å². The number of rotatable bonds is 4. The molecular formula is C13H18N4O2S. The van der Waals surface area contributed by atoms with E-state index in [1.807, 2.05) is 26.8 Å². The van der Waals surface area contributed by atoms with Crippen LogP contribution in [-0.4, -0.2) is 18.2 Å². The fourth-order valence-electron chi connectivity index (χ4n) is 2.03. The fraction of sp³-hybridized carbons (Fsp3) is 0.308. The first-order valence-corrected chi connectivity index (χ1v) is 7.74. The molecule has 2 aromatic rings. The Hall–Kier alpha value is -2.02. The molecule has 0 atom stereocenters. The zero-order chi connectivity index (χ0) is 14.9. The molecule has 0 aliphatic carbocycles. The maximum absolute atomic E-state index is 12.3. The van der Waals surface area contributed by atoms with Crippen molar-refractivity contribution in [3.05, 3.63) is 35.5 Å². The van der Waals surface area contributed by atoms with Crippen molar-refractivity contribution in [2.75, 3.05) is 10.5 Å². The number of benzene rings is 1. The number of nitrogen functional groups attached to an aromatic ring is 1. The molecule has 3 N–H and O–H groups in total. The maximum atomic E-state index is 12.3. The van der Waals surface area contributed by atoms with Crippen molar-refractivity contribution in [3.8, 4) is 0 Å². The Morgan fingerprint density at radius 1 is 1.25 bits per heavy atom. The second-order valence-electron chi connectivity index (χ2n) is 4.72. The van der Waals surface area contributed by atoms with Crippen molar-refractivity contribution in [3.63, 3.8) is 0 Å². The number of nitrogens with two attached hydrogens (primary N) is 1. The molecule has 108 valence electrons. The minimum absolute atomic E-state index is 0.00138. The molecule has 0 aliphatic rings. The molecule has 0 radical (unpaired) electrons. The predicted octanol–water partition coefficient (Wildman–Crippen LogP) is 1.90.